The van der Waals surface area contributed by atoms with Crippen molar-refractivity contribution in [3.05, 3.63) is 70.2 Å². The van der Waals surface area contributed by atoms with E-state index < -0.39 is 11.9 Å². The van der Waals surface area contributed by atoms with Gasteiger partial charge in [0.2, 0.25) is 11.8 Å². The van der Waals surface area contributed by atoms with Gasteiger partial charge in [0.1, 0.15) is 17.7 Å². The van der Waals surface area contributed by atoms with E-state index in [2.05, 4.69) is 5.32 Å². The molecule has 0 aliphatic carbocycles. The van der Waals surface area contributed by atoms with Crippen molar-refractivity contribution in [3.8, 4) is 0 Å². The topological polar surface area (TPSA) is 49.4 Å². The molecule has 0 unspecified atom stereocenters. The molecule has 0 spiro atoms. The van der Waals surface area contributed by atoms with E-state index in [-0.39, 0.29) is 41.7 Å². The van der Waals surface area contributed by atoms with Crippen LogP contribution in [0.25, 0.3) is 0 Å². The third-order valence-corrected chi connectivity index (χ3v) is 6.48. The lowest BCUT2D eigenvalue weighted by molar-refractivity contribution is -0.139. The lowest BCUT2D eigenvalue weighted by atomic mass is 10.1. The summed E-state index contributed by atoms with van der Waals surface area (Å²) in [5.41, 5.74) is 1.07. The zero-order chi connectivity index (χ0) is 23.7. The fourth-order valence-electron chi connectivity index (χ4n) is 3.14. The van der Waals surface area contributed by atoms with Gasteiger partial charge in [0, 0.05) is 28.9 Å². The molecule has 0 heterocycles. The van der Waals surface area contributed by atoms with Gasteiger partial charge in [-0.05, 0) is 49.6 Å². The van der Waals surface area contributed by atoms with Crippen molar-refractivity contribution in [2.24, 2.45) is 0 Å². The number of rotatable bonds is 11. The standard InChI is InChI=1S/C24H29ClF2N2O2S/c1-4-16(3)28-24(31)22(5-2)29(13-17-9-11-18(26)12-10-17)23(30)15-32-14-19-20(25)7-6-8-21(19)27/h6-12,16,22H,4-5,13-15H2,1-3H3,(H,28,31)/t16-,22+/m0/s1. The molecule has 2 atom stereocenters. The number of carbonyl (C=O) groups excluding carboxylic acids is 2. The highest BCUT2D eigenvalue weighted by molar-refractivity contribution is 7.99. The smallest absolute Gasteiger partial charge is 0.243 e. The first-order valence-corrected chi connectivity index (χ1v) is 12.1. The lowest BCUT2D eigenvalue weighted by Gasteiger charge is -2.31. The second-order valence-corrected chi connectivity index (χ2v) is 8.98. The van der Waals surface area contributed by atoms with Gasteiger partial charge in [-0.1, -0.05) is 43.6 Å². The highest BCUT2D eigenvalue weighted by Crippen LogP contribution is 2.24. The van der Waals surface area contributed by atoms with Gasteiger partial charge in [-0.15, -0.1) is 11.8 Å². The zero-order valence-corrected chi connectivity index (χ0v) is 20.1. The molecule has 8 heteroatoms. The Morgan fingerprint density at radius 2 is 1.78 bits per heavy atom. The van der Waals surface area contributed by atoms with E-state index in [9.17, 15) is 18.4 Å². The predicted molar refractivity (Wildman–Crippen MR) is 126 cm³/mol. The van der Waals surface area contributed by atoms with E-state index in [0.29, 0.717) is 17.0 Å². The molecular formula is C24H29ClF2N2O2S. The number of carbonyl (C=O) groups is 2. The van der Waals surface area contributed by atoms with Gasteiger partial charge >= 0.3 is 0 Å². The summed E-state index contributed by atoms with van der Waals surface area (Å²) in [6, 6.07) is 9.63. The fraction of sp³-hybridized carbons (Fsp3) is 0.417. The first-order valence-electron chi connectivity index (χ1n) is 10.6. The molecule has 2 amide bonds. The second-order valence-electron chi connectivity index (χ2n) is 7.58. The number of benzene rings is 2. The van der Waals surface area contributed by atoms with Crippen molar-refractivity contribution in [2.45, 2.75) is 58.0 Å². The molecule has 2 rings (SSSR count). The Balaban J connectivity index is 2.16. The predicted octanol–water partition coefficient (Wildman–Crippen LogP) is 5.57. The van der Waals surface area contributed by atoms with Crippen molar-refractivity contribution in [2.75, 3.05) is 5.75 Å². The Hall–Kier alpha value is -2.12. The van der Waals surface area contributed by atoms with Crippen LogP contribution in [0, 0.1) is 11.6 Å². The van der Waals surface area contributed by atoms with Crippen LogP contribution in [-0.2, 0) is 21.9 Å². The highest BCUT2D eigenvalue weighted by atomic mass is 35.5. The summed E-state index contributed by atoms with van der Waals surface area (Å²) in [6.07, 6.45) is 1.20. The molecule has 2 aromatic carbocycles. The van der Waals surface area contributed by atoms with Crippen LogP contribution in [0.1, 0.15) is 44.7 Å². The van der Waals surface area contributed by atoms with E-state index in [4.69, 9.17) is 11.6 Å². The monoisotopic (exact) mass is 482 g/mol. The summed E-state index contributed by atoms with van der Waals surface area (Å²) in [7, 11) is 0. The van der Waals surface area contributed by atoms with Gasteiger partial charge in [-0.25, -0.2) is 8.78 Å². The number of thioether (sulfide) groups is 1. The maximum absolute atomic E-state index is 14.0. The second kappa shape index (κ2) is 12.8. The normalized spacial score (nSPS) is 12.8. The van der Waals surface area contributed by atoms with Gasteiger partial charge < -0.3 is 10.2 Å². The molecular weight excluding hydrogens is 454 g/mol. The Morgan fingerprint density at radius 3 is 2.38 bits per heavy atom. The Labute approximate surface area is 197 Å². The van der Waals surface area contributed by atoms with E-state index in [1.807, 2.05) is 20.8 Å². The average Bonchev–Trinajstić information content (AvgIpc) is 2.76. The van der Waals surface area contributed by atoms with Crippen molar-refractivity contribution in [1.82, 2.24) is 10.2 Å². The summed E-state index contributed by atoms with van der Waals surface area (Å²) in [4.78, 5) is 27.6. The van der Waals surface area contributed by atoms with Crippen LogP contribution in [0.2, 0.25) is 5.02 Å². The molecule has 4 nitrogen and oxygen atoms in total. The Morgan fingerprint density at radius 1 is 1.09 bits per heavy atom. The zero-order valence-electron chi connectivity index (χ0n) is 18.5. The van der Waals surface area contributed by atoms with Crippen LogP contribution in [0.4, 0.5) is 8.78 Å². The molecule has 0 radical (unpaired) electrons. The largest absolute Gasteiger partial charge is 0.352 e. The number of amides is 2. The Kier molecular flexibility index (Phi) is 10.5. The van der Waals surface area contributed by atoms with Gasteiger partial charge in [0.05, 0.1) is 5.75 Å². The first-order chi connectivity index (χ1) is 15.3. The molecule has 0 saturated heterocycles. The molecule has 0 saturated carbocycles. The van der Waals surface area contributed by atoms with E-state index >= 15 is 0 Å². The minimum absolute atomic E-state index is 0.0168. The lowest BCUT2D eigenvalue weighted by Crippen LogP contribution is -2.51. The van der Waals surface area contributed by atoms with Crippen molar-refractivity contribution in [1.29, 1.82) is 0 Å². The van der Waals surface area contributed by atoms with Crippen LogP contribution >= 0.6 is 23.4 Å². The molecule has 174 valence electrons. The molecule has 1 N–H and O–H groups in total. The van der Waals surface area contributed by atoms with Gasteiger partial charge in [-0.3, -0.25) is 9.59 Å². The van der Waals surface area contributed by atoms with Gasteiger partial charge in [0.15, 0.2) is 0 Å². The summed E-state index contributed by atoms with van der Waals surface area (Å²) in [5, 5.41) is 3.25. The van der Waals surface area contributed by atoms with Crippen LogP contribution in [0.5, 0.6) is 0 Å². The summed E-state index contributed by atoms with van der Waals surface area (Å²) < 4.78 is 27.3. The van der Waals surface area contributed by atoms with E-state index in [0.717, 1.165) is 12.0 Å². The van der Waals surface area contributed by atoms with Crippen LogP contribution in [0.3, 0.4) is 0 Å². The molecule has 0 aromatic heterocycles. The maximum atomic E-state index is 14.0. The van der Waals surface area contributed by atoms with Gasteiger partial charge in [-0.2, -0.15) is 0 Å². The molecule has 0 bridgehead atoms. The Bertz CT molecular complexity index is 891. The highest BCUT2D eigenvalue weighted by Gasteiger charge is 2.29. The fourth-order valence-corrected chi connectivity index (χ4v) is 4.39. The summed E-state index contributed by atoms with van der Waals surface area (Å²) in [5.74, 6) is -0.973. The number of nitrogens with zero attached hydrogens (tertiary/aromatic N) is 1. The number of hydrogen-bond acceptors (Lipinski definition) is 3. The quantitative estimate of drug-likeness (QED) is 0.455. The van der Waals surface area contributed by atoms with E-state index in [1.165, 1.54) is 40.9 Å². The van der Waals surface area contributed by atoms with E-state index in [1.54, 1.807) is 18.2 Å². The SMILES string of the molecule is CC[C@H](C(=O)N[C@@H](C)CC)N(Cc1ccc(F)cc1)C(=O)CSCc1c(F)cccc1Cl. The minimum Gasteiger partial charge on any atom is -0.352 e. The minimum atomic E-state index is -0.667. The number of halogens is 3. The van der Waals surface area contributed by atoms with Crippen molar-refractivity contribution >= 4 is 35.2 Å². The van der Waals surface area contributed by atoms with Crippen LogP contribution in [0.15, 0.2) is 42.5 Å². The molecule has 0 aliphatic heterocycles. The third kappa shape index (κ3) is 7.48. The molecule has 0 aliphatic rings. The summed E-state index contributed by atoms with van der Waals surface area (Å²) >= 11 is 7.31. The van der Waals surface area contributed by atoms with Crippen LogP contribution in [-0.4, -0.2) is 34.6 Å². The van der Waals surface area contributed by atoms with Crippen molar-refractivity contribution < 1.29 is 18.4 Å². The molecule has 32 heavy (non-hydrogen) atoms. The molecule has 2 aromatic rings. The number of nitrogens with one attached hydrogen (secondary N) is 1. The van der Waals surface area contributed by atoms with Crippen molar-refractivity contribution in [3.63, 3.8) is 0 Å². The first kappa shape index (κ1) is 26.1. The van der Waals surface area contributed by atoms with Gasteiger partial charge in [0.25, 0.3) is 0 Å². The van der Waals surface area contributed by atoms with Crippen LogP contribution < -0.4 is 5.32 Å². The average molecular weight is 483 g/mol. The maximum Gasteiger partial charge on any atom is 0.243 e. The summed E-state index contributed by atoms with van der Waals surface area (Å²) in [6.45, 7) is 5.90. The molecule has 0 fully saturated rings. The third-order valence-electron chi connectivity index (χ3n) is 5.19. The number of hydrogen-bond donors (Lipinski definition) is 1.